The molecule has 76 valence electrons. The zero-order valence-electron chi connectivity index (χ0n) is 7.29. The van der Waals surface area contributed by atoms with Gasteiger partial charge in [-0.25, -0.2) is 0 Å². The van der Waals surface area contributed by atoms with E-state index < -0.39 is 0 Å². The Morgan fingerprint density at radius 2 is 2.08 bits per heavy atom. The molecule has 0 unspecified atom stereocenters. The molecule has 0 spiro atoms. The average Bonchev–Trinajstić information content (AvgIpc) is 2.30. The normalized spacial score (nSPS) is 13.9. The Hall–Kier alpha value is -0.450. The third-order valence-electron chi connectivity index (χ3n) is 2.08. The van der Waals surface area contributed by atoms with Crippen molar-refractivity contribution in [3.8, 4) is 0 Å². The van der Waals surface area contributed by atoms with Crippen LogP contribution < -0.4 is 10.9 Å². The molecule has 0 aliphatic carbocycles. The Labute approximate surface area is 88.5 Å². The first-order chi connectivity index (χ1) is 5.29. The molecule has 0 saturated heterocycles. The summed E-state index contributed by atoms with van der Waals surface area (Å²) >= 11 is 0. The van der Waals surface area contributed by atoms with Gasteiger partial charge in [-0.3, -0.25) is 14.6 Å². The van der Waals surface area contributed by atoms with E-state index in [9.17, 15) is 4.79 Å². The maximum atomic E-state index is 11.3. The Bertz CT molecular complexity index is 331. The van der Waals surface area contributed by atoms with E-state index >= 15 is 0 Å². The predicted octanol–water partition coefficient (Wildman–Crippen LogP) is 0.203. The first-order valence-electron chi connectivity index (χ1n) is 3.76. The first kappa shape index (κ1) is 12.6. The smallest absolute Gasteiger partial charge is 0.269 e. The van der Waals surface area contributed by atoms with Crippen molar-refractivity contribution < 1.29 is 0 Å². The van der Waals surface area contributed by atoms with E-state index in [4.69, 9.17) is 0 Å². The third kappa shape index (κ3) is 2.07. The lowest BCUT2D eigenvalue weighted by Crippen LogP contribution is -2.26. The summed E-state index contributed by atoms with van der Waals surface area (Å²) in [4.78, 5) is 11.3. The largest absolute Gasteiger partial charge is 0.311 e. The van der Waals surface area contributed by atoms with Crippen LogP contribution in [0.15, 0.2) is 4.79 Å². The van der Waals surface area contributed by atoms with Gasteiger partial charge in [0, 0.05) is 19.2 Å². The van der Waals surface area contributed by atoms with E-state index in [0.29, 0.717) is 0 Å². The molecule has 6 heteroatoms. The van der Waals surface area contributed by atoms with E-state index in [1.54, 1.807) is 7.05 Å². The SMILES string of the molecule is Cl.Cl.Cn1[nH]c2c(c1=O)CCNC2. The molecule has 2 heterocycles. The molecule has 1 aliphatic heterocycles. The van der Waals surface area contributed by atoms with E-state index in [1.807, 2.05) is 0 Å². The topological polar surface area (TPSA) is 49.8 Å². The van der Waals surface area contributed by atoms with Gasteiger partial charge in [0.15, 0.2) is 0 Å². The average molecular weight is 226 g/mol. The van der Waals surface area contributed by atoms with Gasteiger partial charge in [-0.2, -0.15) is 0 Å². The number of aromatic nitrogens is 2. The Kier molecular flexibility index (Phi) is 4.53. The van der Waals surface area contributed by atoms with Gasteiger partial charge in [0.05, 0.1) is 5.69 Å². The van der Waals surface area contributed by atoms with E-state index in [2.05, 4.69) is 10.4 Å². The van der Waals surface area contributed by atoms with Gasteiger partial charge in [-0.05, 0) is 13.0 Å². The number of H-pyrrole nitrogens is 1. The summed E-state index contributed by atoms with van der Waals surface area (Å²) in [6.07, 6.45) is 0.853. The maximum absolute atomic E-state index is 11.3. The van der Waals surface area contributed by atoms with Crippen LogP contribution >= 0.6 is 24.8 Å². The number of hydrogen-bond acceptors (Lipinski definition) is 2. The summed E-state index contributed by atoms with van der Waals surface area (Å²) in [5, 5.41) is 6.20. The molecule has 0 radical (unpaired) electrons. The fourth-order valence-electron chi connectivity index (χ4n) is 1.48. The monoisotopic (exact) mass is 225 g/mol. The van der Waals surface area contributed by atoms with Gasteiger partial charge in [-0.15, -0.1) is 24.8 Å². The molecular weight excluding hydrogens is 213 g/mol. The van der Waals surface area contributed by atoms with Crippen molar-refractivity contribution in [1.82, 2.24) is 15.1 Å². The number of aromatic amines is 1. The summed E-state index contributed by atoms with van der Waals surface area (Å²) in [6, 6.07) is 0. The number of aryl methyl sites for hydroxylation is 1. The van der Waals surface area contributed by atoms with Crippen molar-refractivity contribution >= 4 is 24.8 Å². The number of fused-ring (bicyclic) bond motifs is 1. The van der Waals surface area contributed by atoms with Gasteiger partial charge in [0.1, 0.15) is 0 Å². The van der Waals surface area contributed by atoms with E-state index in [1.165, 1.54) is 4.68 Å². The minimum absolute atomic E-state index is 0. The highest BCUT2D eigenvalue weighted by Gasteiger charge is 2.14. The fourth-order valence-corrected chi connectivity index (χ4v) is 1.48. The van der Waals surface area contributed by atoms with Crippen molar-refractivity contribution in [1.29, 1.82) is 0 Å². The number of nitrogens with one attached hydrogen (secondary N) is 2. The van der Waals surface area contributed by atoms with Crippen LogP contribution in [0.1, 0.15) is 11.3 Å². The summed E-state index contributed by atoms with van der Waals surface area (Å²) in [7, 11) is 1.75. The van der Waals surface area contributed by atoms with Gasteiger partial charge < -0.3 is 5.32 Å². The van der Waals surface area contributed by atoms with Gasteiger partial charge in [0.2, 0.25) is 0 Å². The van der Waals surface area contributed by atoms with Crippen LogP contribution in [-0.4, -0.2) is 16.3 Å². The van der Waals surface area contributed by atoms with Gasteiger partial charge in [-0.1, -0.05) is 0 Å². The predicted molar refractivity (Wildman–Crippen MR) is 55.9 cm³/mol. The summed E-state index contributed by atoms with van der Waals surface area (Å²) in [5.74, 6) is 0. The Morgan fingerprint density at radius 3 is 2.69 bits per heavy atom. The Morgan fingerprint density at radius 1 is 1.38 bits per heavy atom. The van der Waals surface area contributed by atoms with E-state index in [-0.39, 0.29) is 30.4 Å². The Balaban J connectivity index is 0.000000720. The van der Waals surface area contributed by atoms with E-state index in [0.717, 1.165) is 30.8 Å². The molecular formula is C7H13Cl2N3O. The number of hydrogen-bond donors (Lipinski definition) is 2. The van der Waals surface area contributed by atoms with Crippen molar-refractivity contribution in [2.24, 2.45) is 7.05 Å². The second kappa shape index (κ2) is 4.69. The molecule has 0 bridgehead atoms. The van der Waals surface area contributed by atoms with Crippen molar-refractivity contribution in [3.05, 3.63) is 21.6 Å². The zero-order valence-corrected chi connectivity index (χ0v) is 8.93. The maximum Gasteiger partial charge on any atom is 0.269 e. The number of nitrogens with zero attached hydrogens (tertiary/aromatic N) is 1. The molecule has 2 rings (SSSR count). The van der Waals surface area contributed by atoms with Gasteiger partial charge in [0.25, 0.3) is 5.56 Å². The summed E-state index contributed by atoms with van der Waals surface area (Å²) in [6.45, 7) is 1.71. The van der Waals surface area contributed by atoms with Crippen molar-refractivity contribution in [2.75, 3.05) is 6.54 Å². The quantitative estimate of drug-likeness (QED) is 0.664. The number of halogens is 2. The lowest BCUT2D eigenvalue weighted by atomic mass is 10.1. The molecule has 4 nitrogen and oxygen atoms in total. The molecule has 0 fully saturated rings. The van der Waals surface area contributed by atoms with Crippen LogP contribution in [-0.2, 0) is 20.0 Å². The summed E-state index contributed by atoms with van der Waals surface area (Å²) < 4.78 is 1.54. The second-order valence-corrected chi connectivity index (χ2v) is 2.86. The molecule has 13 heavy (non-hydrogen) atoms. The molecule has 0 amide bonds. The standard InChI is InChI=1S/C7H11N3O.2ClH/c1-10-7(11)5-2-3-8-4-6(5)9-10;;/h8-9H,2-4H2,1H3;2*1H. The molecule has 0 saturated carbocycles. The number of rotatable bonds is 0. The molecule has 0 atom stereocenters. The van der Waals surface area contributed by atoms with Crippen LogP contribution in [0.5, 0.6) is 0 Å². The lowest BCUT2D eigenvalue weighted by molar-refractivity contribution is 0.625. The van der Waals surface area contributed by atoms with Crippen molar-refractivity contribution in [2.45, 2.75) is 13.0 Å². The highest BCUT2D eigenvalue weighted by Crippen LogP contribution is 2.04. The van der Waals surface area contributed by atoms with Crippen molar-refractivity contribution in [3.63, 3.8) is 0 Å². The molecule has 1 aromatic rings. The lowest BCUT2D eigenvalue weighted by Gasteiger charge is -2.09. The molecule has 2 N–H and O–H groups in total. The second-order valence-electron chi connectivity index (χ2n) is 2.86. The summed E-state index contributed by atoms with van der Waals surface area (Å²) in [5.41, 5.74) is 2.12. The molecule has 1 aromatic heterocycles. The highest BCUT2D eigenvalue weighted by atomic mass is 35.5. The van der Waals surface area contributed by atoms with Crippen LogP contribution in [0, 0.1) is 0 Å². The van der Waals surface area contributed by atoms with Crippen LogP contribution in [0.25, 0.3) is 0 Å². The third-order valence-corrected chi connectivity index (χ3v) is 2.08. The minimum Gasteiger partial charge on any atom is -0.311 e. The van der Waals surface area contributed by atoms with Crippen LogP contribution in [0.4, 0.5) is 0 Å². The van der Waals surface area contributed by atoms with Gasteiger partial charge >= 0.3 is 0 Å². The highest BCUT2D eigenvalue weighted by molar-refractivity contribution is 5.85. The first-order valence-corrected chi connectivity index (χ1v) is 3.76. The molecule has 1 aliphatic rings. The van der Waals surface area contributed by atoms with Crippen LogP contribution in [0.3, 0.4) is 0 Å². The van der Waals surface area contributed by atoms with Crippen LogP contribution in [0.2, 0.25) is 0 Å². The zero-order chi connectivity index (χ0) is 7.84. The fraction of sp³-hybridized carbons (Fsp3) is 0.571. The molecule has 0 aromatic carbocycles. The minimum atomic E-state index is 0.